The Labute approximate surface area is 163 Å². The van der Waals surface area contributed by atoms with Gasteiger partial charge in [-0.2, -0.15) is 0 Å². The molecule has 1 saturated heterocycles. The molecule has 0 atom stereocenters. The van der Waals surface area contributed by atoms with Gasteiger partial charge in [0.05, 0.1) is 27.5 Å². The number of rotatable bonds is 4. The number of carbonyl (C=O) groups excluding carboxylic acids is 2. The predicted octanol–water partition coefficient (Wildman–Crippen LogP) is 4.71. The molecule has 2 aromatic carbocycles. The van der Waals surface area contributed by atoms with Gasteiger partial charge in [-0.1, -0.05) is 35.5 Å². The maximum absolute atomic E-state index is 12.5. The van der Waals surface area contributed by atoms with E-state index in [0.717, 1.165) is 20.3 Å². The molecule has 1 aliphatic heterocycles. The second-order valence-electron chi connectivity index (χ2n) is 5.70. The number of halogens is 1. The number of aromatic nitrogens is 1. The van der Waals surface area contributed by atoms with Crippen molar-refractivity contribution in [3.8, 4) is 0 Å². The lowest BCUT2D eigenvalue weighted by Crippen LogP contribution is -2.30. The zero-order valence-electron chi connectivity index (χ0n) is 13.5. The molecule has 2 heterocycles. The van der Waals surface area contributed by atoms with E-state index in [4.69, 9.17) is 11.6 Å². The molecule has 4 nitrogen and oxygen atoms in total. The summed E-state index contributed by atoms with van der Waals surface area (Å²) in [4.78, 5) is 30.9. The van der Waals surface area contributed by atoms with Crippen LogP contribution in [0.3, 0.4) is 0 Å². The van der Waals surface area contributed by atoms with E-state index >= 15 is 0 Å². The van der Waals surface area contributed by atoms with E-state index in [-0.39, 0.29) is 18.2 Å². The molecule has 0 saturated carbocycles. The van der Waals surface area contributed by atoms with Crippen LogP contribution in [-0.4, -0.2) is 33.9 Å². The van der Waals surface area contributed by atoms with Gasteiger partial charge in [0, 0.05) is 16.7 Å². The Bertz CT molecular complexity index is 994. The molecule has 3 aromatic rings. The Balaban J connectivity index is 1.58. The average molecular weight is 401 g/mol. The normalized spacial score (nSPS) is 16.0. The van der Waals surface area contributed by atoms with Gasteiger partial charge in [-0.3, -0.25) is 14.5 Å². The Kier molecular flexibility index (Phi) is 4.80. The van der Waals surface area contributed by atoms with Crippen molar-refractivity contribution in [1.82, 2.24) is 9.88 Å². The highest BCUT2D eigenvalue weighted by Crippen LogP contribution is 2.33. The van der Waals surface area contributed by atoms with Gasteiger partial charge in [0.25, 0.3) is 0 Å². The van der Waals surface area contributed by atoms with Crippen LogP contribution in [0.2, 0.25) is 5.02 Å². The van der Waals surface area contributed by atoms with E-state index in [2.05, 4.69) is 4.98 Å². The molecule has 0 unspecified atom stereocenters. The van der Waals surface area contributed by atoms with Crippen LogP contribution < -0.4 is 0 Å². The van der Waals surface area contributed by atoms with Gasteiger partial charge < -0.3 is 0 Å². The lowest BCUT2D eigenvalue weighted by molar-refractivity contribution is -0.125. The number of para-hydroxylation sites is 1. The monoisotopic (exact) mass is 400 g/mol. The Morgan fingerprint density at radius 3 is 2.73 bits per heavy atom. The fourth-order valence-corrected chi connectivity index (χ4v) is 4.68. The van der Waals surface area contributed by atoms with E-state index in [1.165, 1.54) is 16.7 Å². The van der Waals surface area contributed by atoms with Gasteiger partial charge >= 0.3 is 0 Å². The molecular weight excluding hydrogens is 388 g/mol. The van der Waals surface area contributed by atoms with Gasteiger partial charge in [-0.25, -0.2) is 4.98 Å². The number of amides is 1. The first-order valence-electron chi connectivity index (χ1n) is 7.89. The summed E-state index contributed by atoms with van der Waals surface area (Å²) in [5.74, 6) is 0.155. The molecule has 1 aromatic heterocycles. The van der Waals surface area contributed by atoms with Crippen LogP contribution >= 0.6 is 34.7 Å². The summed E-state index contributed by atoms with van der Waals surface area (Å²) in [7, 11) is 0. The first-order valence-corrected chi connectivity index (χ1v) is 10.1. The van der Waals surface area contributed by atoms with E-state index in [1.807, 2.05) is 30.3 Å². The van der Waals surface area contributed by atoms with Crippen molar-refractivity contribution >= 4 is 62.7 Å². The molecule has 130 valence electrons. The van der Waals surface area contributed by atoms with Gasteiger partial charge in [0.15, 0.2) is 5.78 Å². The summed E-state index contributed by atoms with van der Waals surface area (Å²) >= 11 is 8.86. The number of hydrogen-bond donors (Lipinski definition) is 0. The van der Waals surface area contributed by atoms with Crippen LogP contribution in [0, 0.1) is 0 Å². The molecule has 1 amide bonds. The van der Waals surface area contributed by atoms with Crippen LogP contribution in [0.5, 0.6) is 0 Å². The third kappa shape index (κ3) is 3.53. The molecule has 0 spiro atoms. The Hall–Kier alpha value is -2.15. The van der Waals surface area contributed by atoms with Gasteiger partial charge in [0.1, 0.15) is 5.01 Å². The molecule has 26 heavy (non-hydrogen) atoms. The van der Waals surface area contributed by atoms with Crippen LogP contribution in [0.25, 0.3) is 16.3 Å². The molecule has 0 aliphatic carbocycles. The number of hydrogen-bond acceptors (Lipinski definition) is 5. The molecule has 0 bridgehead atoms. The van der Waals surface area contributed by atoms with Crippen molar-refractivity contribution in [3.63, 3.8) is 0 Å². The summed E-state index contributed by atoms with van der Waals surface area (Å²) in [6, 6.07) is 14.6. The summed E-state index contributed by atoms with van der Waals surface area (Å²) in [6.45, 7) is 0.0180. The molecular formula is C19H13ClN2O2S2. The number of fused-ring (bicyclic) bond motifs is 1. The number of nitrogens with zero attached hydrogens (tertiary/aromatic N) is 2. The summed E-state index contributed by atoms with van der Waals surface area (Å²) < 4.78 is 1.09. The summed E-state index contributed by atoms with van der Waals surface area (Å²) in [5, 5.41) is 2.16. The van der Waals surface area contributed by atoms with Crippen LogP contribution in [-0.2, 0) is 4.79 Å². The van der Waals surface area contributed by atoms with Crippen molar-refractivity contribution in [2.45, 2.75) is 0 Å². The lowest BCUT2D eigenvalue weighted by atomic mass is 10.1. The van der Waals surface area contributed by atoms with Crippen molar-refractivity contribution in [2.75, 3.05) is 12.3 Å². The smallest absolute Gasteiger partial charge is 0.238 e. The van der Waals surface area contributed by atoms with E-state index in [1.54, 1.807) is 35.6 Å². The van der Waals surface area contributed by atoms with Gasteiger partial charge in [-0.15, -0.1) is 11.3 Å². The van der Waals surface area contributed by atoms with Gasteiger partial charge in [-0.05, 0) is 36.4 Å². The predicted molar refractivity (Wildman–Crippen MR) is 108 cm³/mol. The van der Waals surface area contributed by atoms with Gasteiger partial charge in [0.2, 0.25) is 5.91 Å². The zero-order chi connectivity index (χ0) is 18.1. The Morgan fingerprint density at radius 1 is 1.19 bits per heavy atom. The summed E-state index contributed by atoms with van der Waals surface area (Å²) in [6.07, 6.45) is 1.88. The Morgan fingerprint density at radius 2 is 1.96 bits per heavy atom. The second kappa shape index (κ2) is 7.23. The minimum absolute atomic E-state index is 0.0180. The third-order valence-electron chi connectivity index (χ3n) is 3.94. The number of ketones is 1. The quantitative estimate of drug-likeness (QED) is 0.595. The molecule has 0 radical (unpaired) electrons. The minimum atomic E-state index is -0.118. The highest BCUT2D eigenvalue weighted by atomic mass is 35.5. The summed E-state index contributed by atoms with van der Waals surface area (Å²) in [5.41, 5.74) is 1.47. The molecule has 1 aliphatic rings. The van der Waals surface area contributed by atoms with Crippen molar-refractivity contribution in [2.24, 2.45) is 0 Å². The SMILES string of the molecule is O=C(CN1C(=O)CSC1=Cc1nc2ccccc2s1)c1ccc(Cl)cc1. The number of carbonyl (C=O) groups is 2. The number of thiazole rings is 1. The number of thioether (sulfide) groups is 1. The number of benzene rings is 2. The highest BCUT2D eigenvalue weighted by molar-refractivity contribution is 8.04. The number of Topliss-reactive ketones (excluding diaryl/α,β-unsaturated/α-hetero) is 1. The maximum Gasteiger partial charge on any atom is 0.238 e. The van der Waals surface area contributed by atoms with E-state index in [9.17, 15) is 9.59 Å². The first kappa shape index (κ1) is 17.3. The fraction of sp³-hybridized carbons (Fsp3) is 0.105. The average Bonchev–Trinajstić information content (AvgIpc) is 3.20. The lowest BCUT2D eigenvalue weighted by Gasteiger charge is -2.16. The van der Waals surface area contributed by atoms with Crippen molar-refractivity contribution < 1.29 is 9.59 Å². The third-order valence-corrected chi connectivity index (χ3v) is 6.20. The highest BCUT2D eigenvalue weighted by Gasteiger charge is 2.29. The van der Waals surface area contributed by atoms with Crippen LogP contribution in [0.15, 0.2) is 53.6 Å². The second-order valence-corrected chi connectivity index (χ2v) is 8.20. The van der Waals surface area contributed by atoms with E-state index < -0.39 is 0 Å². The van der Waals surface area contributed by atoms with Crippen molar-refractivity contribution in [1.29, 1.82) is 0 Å². The maximum atomic E-state index is 12.5. The zero-order valence-corrected chi connectivity index (χ0v) is 15.9. The molecule has 7 heteroatoms. The first-order chi connectivity index (χ1) is 12.6. The van der Waals surface area contributed by atoms with Crippen LogP contribution in [0.4, 0.5) is 0 Å². The molecule has 4 rings (SSSR count). The van der Waals surface area contributed by atoms with E-state index in [0.29, 0.717) is 16.3 Å². The standard InChI is InChI=1S/C19H13ClN2O2S2/c20-13-7-5-12(6-8-13)15(23)10-22-18(24)11-25-19(22)9-17-21-14-3-1-2-4-16(14)26-17/h1-9H,10-11H2. The minimum Gasteiger partial charge on any atom is -0.298 e. The topological polar surface area (TPSA) is 50.3 Å². The van der Waals surface area contributed by atoms with Crippen LogP contribution in [0.1, 0.15) is 15.4 Å². The fourth-order valence-electron chi connectivity index (χ4n) is 2.63. The molecule has 1 fully saturated rings. The molecule has 0 N–H and O–H groups in total. The van der Waals surface area contributed by atoms with Crippen molar-refractivity contribution in [3.05, 3.63) is 69.2 Å². The largest absolute Gasteiger partial charge is 0.298 e.